The quantitative estimate of drug-likeness (QED) is 0.525. The molecule has 0 saturated heterocycles. The van der Waals surface area contributed by atoms with E-state index in [1.165, 1.54) is 17.1 Å². The maximum Gasteiger partial charge on any atom is 0.0460 e. The van der Waals surface area contributed by atoms with Crippen molar-refractivity contribution in [2.45, 2.75) is 18.2 Å². The van der Waals surface area contributed by atoms with Crippen LogP contribution in [-0.4, -0.2) is 5.75 Å². The lowest BCUT2D eigenvalue weighted by atomic mass is 10.3. The number of thioether (sulfide) groups is 1. The van der Waals surface area contributed by atoms with Crippen molar-refractivity contribution in [1.82, 2.24) is 0 Å². The Hall–Kier alpha value is 0.1000. The van der Waals surface area contributed by atoms with Gasteiger partial charge < -0.3 is 5.73 Å². The molecule has 0 aliphatic rings. The molecule has 66 valence electrons. The van der Waals surface area contributed by atoms with Gasteiger partial charge in [-0.15, -0.1) is 11.8 Å². The van der Waals surface area contributed by atoms with Crippen LogP contribution in [0.15, 0.2) is 23.1 Å². The lowest BCUT2D eigenvalue weighted by Crippen LogP contribution is -1.89. The highest BCUT2D eigenvalue weighted by atomic mass is 127. The standard InChI is InChI=1S/C9H12INS/c1-2-5-12-7-3-4-8(10)9(11)6-7/h3-4,6H,2,5,11H2,1H3. The topological polar surface area (TPSA) is 26.0 Å². The Balaban J connectivity index is 2.69. The van der Waals surface area contributed by atoms with Gasteiger partial charge in [-0.3, -0.25) is 0 Å². The van der Waals surface area contributed by atoms with E-state index < -0.39 is 0 Å². The average molecular weight is 293 g/mol. The molecule has 0 aromatic heterocycles. The van der Waals surface area contributed by atoms with Crippen molar-refractivity contribution in [3.05, 3.63) is 21.8 Å². The van der Waals surface area contributed by atoms with Crippen LogP contribution in [0.4, 0.5) is 5.69 Å². The minimum absolute atomic E-state index is 0.886. The van der Waals surface area contributed by atoms with Gasteiger partial charge in [0, 0.05) is 14.2 Å². The zero-order chi connectivity index (χ0) is 8.97. The number of nitrogens with two attached hydrogens (primary N) is 1. The summed E-state index contributed by atoms with van der Waals surface area (Å²) in [5.41, 5.74) is 6.66. The van der Waals surface area contributed by atoms with Crippen LogP contribution in [0.25, 0.3) is 0 Å². The second-order valence-electron chi connectivity index (χ2n) is 2.53. The number of hydrogen-bond donors (Lipinski definition) is 1. The summed E-state index contributed by atoms with van der Waals surface area (Å²) in [4.78, 5) is 1.27. The average Bonchev–Trinajstić information content (AvgIpc) is 2.07. The van der Waals surface area contributed by atoms with Crippen molar-refractivity contribution in [3.8, 4) is 0 Å². The van der Waals surface area contributed by atoms with Crippen molar-refractivity contribution in [1.29, 1.82) is 0 Å². The lowest BCUT2D eigenvalue weighted by Gasteiger charge is -2.02. The summed E-state index contributed by atoms with van der Waals surface area (Å²) in [6, 6.07) is 6.23. The summed E-state index contributed by atoms with van der Waals surface area (Å²) in [5.74, 6) is 1.17. The van der Waals surface area contributed by atoms with E-state index >= 15 is 0 Å². The first-order chi connectivity index (χ1) is 5.74. The molecule has 3 heteroatoms. The molecule has 2 N–H and O–H groups in total. The van der Waals surface area contributed by atoms with Gasteiger partial charge in [-0.1, -0.05) is 6.92 Å². The molecule has 0 aliphatic carbocycles. The summed E-state index contributed by atoms with van der Waals surface area (Å²) >= 11 is 4.10. The van der Waals surface area contributed by atoms with Gasteiger partial charge in [0.2, 0.25) is 0 Å². The molecular formula is C9H12INS. The van der Waals surface area contributed by atoms with Crippen LogP contribution in [0.5, 0.6) is 0 Å². The number of nitrogen functional groups attached to an aromatic ring is 1. The van der Waals surface area contributed by atoms with Crippen LogP contribution < -0.4 is 5.73 Å². The number of rotatable bonds is 3. The van der Waals surface area contributed by atoms with Crippen LogP contribution >= 0.6 is 34.4 Å². The fraction of sp³-hybridized carbons (Fsp3) is 0.333. The molecule has 1 nitrogen and oxygen atoms in total. The summed E-state index contributed by atoms with van der Waals surface area (Å²) in [5, 5.41) is 0. The third kappa shape index (κ3) is 2.86. The maximum atomic E-state index is 5.77. The zero-order valence-electron chi connectivity index (χ0n) is 7.01. The van der Waals surface area contributed by atoms with E-state index in [1.54, 1.807) is 0 Å². The minimum atomic E-state index is 0.886. The molecule has 0 radical (unpaired) electrons. The van der Waals surface area contributed by atoms with Crippen LogP contribution in [0.2, 0.25) is 0 Å². The fourth-order valence-electron chi connectivity index (χ4n) is 0.832. The smallest absolute Gasteiger partial charge is 0.0460 e. The first-order valence-corrected chi connectivity index (χ1v) is 5.98. The van der Waals surface area contributed by atoms with Crippen molar-refractivity contribution in [2.24, 2.45) is 0 Å². The van der Waals surface area contributed by atoms with E-state index in [1.807, 2.05) is 17.8 Å². The van der Waals surface area contributed by atoms with Crippen LogP contribution in [-0.2, 0) is 0 Å². The Bertz CT molecular complexity index is 263. The molecule has 0 atom stereocenters. The van der Waals surface area contributed by atoms with E-state index in [4.69, 9.17) is 5.73 Å². The Morgan fingerprint density at radius 1 is 1.50 bits per heavy atom. The Morgan fingerprint density at radius 2 is 2.25 bits per heavy atom. The molecule has 0 bridgehead atoms. The van der Waals surface area contributed by atoms with Gasteiger partial charge in [-0.25, -0.2) is 0 Å². The van der Waals surface area contributed by atoms with Gasteiger partial charge in [0.15, 0.2) is 0 Å². The van der Waals surface area contributed by atoms with Gasteiger partial charge >= 0.3 is 0 Å². The first-order valence-electron chi connectivity index (χ1n) is 3.92. The van der Waals surface area contributed by atoms with Gasteiger partial charge in [0.05, 0.1) is 0 Å². The monoisotopic (exact) mass is 293 g/mol. The molecule has 0 aliphatic heterocycles. The summed E-state index contributed by atoms with van der Waals surface area (Å²) in [6.07, 6.45) is 1.20. The predicted octanol–water partition coefficient (Wildman–Crippen LogP) is 3.38. The second kappa shape index (κ2) is 4.97. The number of anilines is 1. The molecule has 0 heterocycles. The van der Waals surface area contributed by atoms with E-state index in [9.17, 15) is 0 Å². The SMILES string of the molecule is CCCSc1ccc(I)c(N)c1. The minimum Gasteiger partial charge on any atom is -0.398 e. The summed E-state index contributed by atoms with van der Waals surface area (Å²) < 4.78 is 1.13. The largest absolute Gasteiger partial charge is 0.398 e. The molecule has 0 fully saturated rings. The first kappa shape index (κ1) is 10.2. The van der Waals surface area contributed by atoms with Gasteiger partial charge in [-0.2, -0.15) is 0 Å². The van der Waals surface area contributed by atoms with Gasteiger partial charge in [0.25, 0.3) is 0 Å². The third-order valence-corrected chi connectivity index (χ3v) is 3.62. The highest BCUT2D eigenvalue weighted by Gasteiger charge is 1.97. The zero-order valence-corrected chi connectivity index (χ0v) is 9.98. The molecule has 1 aromatic carbocycles. The summed E-state index contributed by atoms with van der Waals surface area (Å²) in [6.45, 7) is 2.18. The molecule has 1 aromatic rings. The second-order valence-corrected chi connectivity index (χ2v) is 4.86. The van der Waals surface area contributed by atoms with Crippen molar-refractivity contribution >= 4 is 40.0 Å². The van der Waals surface area contributed by atoms with E-state index in [0.29, 0.717) is 0 Å². The van der Waals surface area contributed by atoms with E-state index in [-0.39, 0.29) is 0 Å². The van der Waals surface area contributed by atoms with Crippen LogP contribution in [0.1, 0.15) is 13.3 Å². The highest BCUT2D eigenvalue weighted by Crippen LogP contribution is 2.24. The van der Waals surface area contributed by atoms with Crippen LogP contribution in [0.3, 0.4) is 0 Å². The number of hydrogen-bond acceptors (Lipinski definition) is 2. The molecular weight excluding hydrogens is 281 g/mol. The Morgan fingerprint density at radius 3 is 2.83 bits per heavy atom. The van der Waals surface area contributed by atoms with Crippen LogP contribution in [0, 0.1) is 3.57 Å². The van der Waals surface area contributed by atoms with Crippen molar-refractivity contribution in [2.75, 3.05) is 11.5 Å². The molecule has 0 saturated carbocycles. The fourth-order valence-corrected chi connectivity index (χ4v) is 1.98. The molecule has 0 spiro atoms. The number of halogens is 1. The summed E-state index contributed by atoms with van der Waals surface area (Å²) in [7, 11) is 0. The normalized spacial score (nSPS) is 10.2. The highest BCUT2D eigenvalue weighted by molar-refractivity contribution is 14.1. The van der Waals surface area contributed by atoms with Gasteiger partial charge in [-0.05, 0) is 53.0 Å². The van der Waals surface area contributed by atoms with Crippen molar-refractivity contribution < 1.29 is 0 Å². The predicted molar refractivity (Wildman–Crippen MR) is 64.6 cm³/mol. The van der Waals surface area contributed by atoms with E-state index in [2.05, 4.69) is 41.6 Å². The molecule has 1 rings (SSSR count). The number of benzene rings is 1. The third-order valence-electron chi connectivity index (χ3n) is 1.44. The lowest BCUT2D eigenvalue weighted by molar-refractivity contribution is 1.10. The Labute approximate surface area is 91.3 Å². The molecule has 0 amide bonds. The Kier molecular flexibility index (Phi) is 4.21. The van der Waals surface area contributed by atoms with Gasteiger partial charge in [0.1, 0.15) is 0 Å². The molecule has 0 unspecified atom stereocenters. The van der Waals surface area contributed by atoms with E-state index in [0.717, 1.165) is 9.26 Å². The maximum absolute atomic E-state index is 5.77. The van der Waals surface area contributed by atoms with Crippen molar-refractivity contribution in [3.63, 3.8) is 0 Å². The molecule has 12 heavy (non-hydrogen) atoms.